The van der Waals surface area contributed by atoms with Gasteiger partial charge in [0.15, 0.2) is 0 Å². The van der Waals surface area contributed by atoms with Crippen LogP contribution in [-0.2, 0) is 0 Å². The maximum atomic E-state index is 3.76. The molecule has 1 heteroatoms. The van der Waals surface area contributed by atoms with Crippen LogP contribution < -0.4 is 5.32 Å². The molecule has 0 amide bonds. The maximum Gasteiger partial charge on any atom is 0.0340 e. The van der Waals surface area contributed by atoms with Crippen LogP contribution in [0.25, 0.3) is 0 Å². The molecule has 0 spiro atoms. The standard InChI is InChI=1S/C14H21N/c1-4-5-11-14(2,3)12-15-13-9-7-6-8-10-13/h4,6-10,15H,1,5,11-12H2,2-3H3. The molecule has 0 aliphatic carbocycles. The summed E-state index contributed by atoms with van der Waals surface area (Å²) in [6, 6.07) is 10.3. The van der Waals surface area contributed by atoms with E-state index in [9.17, 15) is 0 Å². The first-order valence-corrected chi connectivity index (χ1v) is 5.54. The van der Waals surface area contributed by atoms with Gasteiger partial charge in [0, 0.05) is 12.2 Å². The zero-order valence-electron chi connectivity index (χ0n) is 9.79. The van der Waals surface area contributed by atoms with Gasteiger partial charge in [-0.2, -0.15) is 0 Å². The summed E-state index contributed by atoms with van der Waals surface area (Å²) < 4.78 is 0. The largest absolute Gasteiger partial charge is 0.385 e. The van der Waals surface area contributed by atoms with Gasteiger partial charge < -0.3 is 5.32 Å². The van der Waals surface area contributed by atoms with Gasteiger partial charge in [-0.15, -0.1) is 6.58 Å². The Hall–Kier alpha value is -1.24. The highest BCUT2D eigenvalue weighted by atomic mass is 14.9. The molecule has 0 unspecified atom stereocenters. The lowest BCUT2D eigenvalue weighted by atomic mass is 9.87. The van der Waals surface area contributed by atoms with E-state index in [-0.39, 0.29) is 0 Å². The van der Waals surface area contributed by atoms with Crippen molar-refractivity contribution in [3.05, 3.63) is 43.0 Å². The molecular formula is C14H21N. The molecule has 1 aromatic rings. The minimum atomic E-state index is 0.323. The van der Waals surface area contributed by atoms with Crippen LogP contribution in [0.15, 0.2) is 43.0 Å². The van der Waals surface area contributed by atoms with Crippen LogP contribution in [0.1, 0.15) is 26.7 Å². The average Bonchev–Trinajstić information content (AvgIpc) is 2.25. The molecule has 0 bridgehead atoms. The van der Waals surface area contributed by atoms with E-state index in [2.05, 4.69) is 50.0 Å². The van der Waals surface area contributed by atoms with Gasteiger partial charge >= 0.3 is 0 Å². The second-order valence-corrected chi connectivity index (χ2v) is 4.71. The molecule has 1 N–H and O–H groups in total. The van der Waals surface area contributed by atoms with Gasteiger partial charge in [0.1, 0.15) is 0 Å². The zero-order valence-corrected chi connectivity index (χ0v) is 9.79. The van der Waals surface area contributed by atoms with Crippen LogP contribution in [-0.4, -0.2) is 6.54 Å². The highest BCUT2D eigenvalue weighted by Crippen LogP contribution is 2.23. The number of hydrogen-bond donors (Lipinski definition) is 1. The van der Waals surface area contributed by atoms with Crippen molar-refractivity contribution in [2.24, 2.45) is 5.41 Å². The smallest absolute Gasteiger partial charge is 0.0340 e. The predicted molar refractivity (Wildman–Crippen MR) is 68.1 cm³/mol. The van der Waals surface area contributed by atoms with Gasteiger partial charge in [0.25, 0.3) is 0 Å². The lowest BCUT2D eigenvalue weighted by Crippen LogP contribution is -2.22. The molecular weight excluding hydrogens is 182 g/mol. The van der Waals surface area contributed by atoms with Crippen molar-refractivity contribution in [2.75, 3.05) is 11.9 Å². The normalized spacial score (nSPS) is 11.1. The quantitative estimate of drug-likeness (QED) is 0.687. The first kappa shape index (κ1) is 11.8. The van der Waals surface area contributed by atoms with Crippen LogP contribution >= 0.6 is 0 Å². The molecule has 0 fully saturated rings. The van der Waals surface area contributed by atoms with Crippen molar-refractivity contribution in [3.8, 4) is 0 Å². The molecule has 0 saturated carbocycles. The van der Waals surface area contributed by atoms with Crippen molar-refractivity contribution in [1.82, 2.24) is 0 Å². The first-order valence-electron chi connectivity index (χ1n) is 5.54. The van der Waals surface area contributed by atoms with E-state index >= 15 is 0 Å². The molecule has 0 heterocycles. The molecule has 0 saturated heterocycles. The molecule has 0 aromatic heterocycles. The Morgan fingerprint density at radius 1 is 1.27 bits per heavy atom. The molecule has 82 valence electrons. The van der Waals surface area contributed by atoms with Gasteiger partial charge in [0.05, 0.1) is 0 Å². The van der Waals surface area contributed by atoms with E-state index in [1.165, 1.54) is 12.1 Å². The highest BCUT2D eigenvalue weighted by molar-refractivity contribution is 5.42. The van der Waals surface area contributed by atoms with Gasteiger partial charge in [-0.1, -0.05) is 38.1 Å². The molecule has 0 atom stereocenters. The number of anilines is 1. The number of para-hydroxylation sites is 1. The maximum absolute atomic E-state index is 3.76. The summed E-state index contributed by atoms with van der Waals surface area (Å²) in [7, 11) is 0. The zero-order chi connectivity index (χ0) is 11.1. The lowest BCUT2D eigenvalue weighted by Gasteiger charge is -2.25. The number of allylic oxidation sites excluding steroid dienone is 1. The number of rotatable bonds is 6. The number of nitrogens with one attached hydrogen (secondary N) is 1. The number of hydrogen-bond acceptors (Lipinski definition) is 1. The average molecular weight is 203 g/mol. The van der Waals surface area contributed by atoms with Crippen molar-refractivity contribution in [2.45, 2.75) is 26.7 Å². The summed E-state index contributed by atoms with van der Waals surface area (Å²) in [6.07, 6.45) is 4.25. The summed E-state index contributed by atoms with van der Waals surface area (Å²) in [4.78, 5) is 0. The molecule has 0 radical (unpaired) electrons. The monoisotopic (exact) mass is 203 g/mol. The second kappa shape index (κ2) is 5.59. The third-order valence-electron chi connectivity index (χ3n) is 2.57. The van der Waals surface area contributed by atoms with Crippen LogP contribution in [0.2, 0.25) is 0 Å². The van der Waals surface area contributed by atoms with E-state index in [0.717, 1.165) is 13.0 Å². The summed E-state index contributed by atoms with van der Waals surface area (Å²) in [5, 5.41) is 3.46. The fourth-order valence-corrected chi connectivity index (χ4v) is 1.48. The fourth-order valence-electron chi connectivity index (χ4n) is 1.48. The third-order valence-corrected chi connectivity index (χ3v) is 2.57. The van der Waals surface area contributed by atoms with Crippen molar-refractivity contribution in [3.63, 3.8) is 0 Å². The van der Waals surface area contributed by atoms with Crippen LogP contribution in [0, 0.1) is 5.41 Å². The third kappa shape index (κ3) is 4.68. The van der Waals surface area contributed by atoms with Crippen molar-refractivity contribution < 1.29 is 0 Å². The molecule has 0 aliphatic heterocycles. The summed E-state index contributed by atoms with van der Waals surface area (Å²) in [5.74, 6) is 0. The minimum Gasteiger partial charge on any atom is -0.385 e. The van der Waals surface area contributed by atoms with E-state index in [4.69, 9.17) is 0 Å². The highest BCUT2D eigenvalue weighted by Gasteiger charge is 2.15. The second-order valence-electron chi connectivity index (χ2n) is 4.71. The fraction of sp³-hybridized carbons (Fsp3) is 0.429. The van der Waals surface area contributed by atoms with Gasteiger partial charge in [-0.25, -0.2) is 0 Å². The van der Waals surface area contributed by atoms with Crippen LogP contribution in [0.4, 0.5) is 5.69 Å². The van der Waals surface area contributed by atoms with Crippen LogP contribution in [0.5, 0.6) is 0 Å². The molecule has 1 aromatic carbocycles. The molecule has 15 heavy (non-hydrogen) atoms. The van der Waals surface area contributed by atoms with Gasteiger partial charge in [-0.05, 0) is 30.4 Å². The van der Waals surface area contributed by atoms with E-state index in [1.54, 1.807) is 0 Å². The molecule has 1 rings (SSSR count). The molecule has 1 nitrogen and oxygen atoms in total. The van der Waals surface area contributed by atoms with E-state index < -0.39 is 0 Å². The van der Waals surface area contributed by atoms with Crippen molar-refractivity contribution >= 4 is 5.69 Å². The number of benzene rings is 1. The Labute approximate surface area is 93.2 Å². The Balaban J connectivity index is 2.39. The van der Waals surface area contributed by atoms with Crippen LogP contribution in [0.3, 0.4) is 0 Å². The van der Waals surface area contributed by atoms with Crippen molar-refractivity contribution in [1.29, 1.82) is 0 Å². The van der Waals surface area contributed by atoms with Gasteiger partial charge in [0.2, 0.25) is 0 Å². The SMILES string of the molecule is C=CCCC(C)(C)CNc1ccccc1. The summed E-state index contributed by atoms with van der Waals surface area (Å²) >= 11 is 0. The first-order chi connectivity index (χ1) is 7.14. The summed E-state index contributed by atoms with van der Waals surface area (Å²) in [5.41, 5.74) is 1.52. The summed E-state index contributed by atoms with van der Waals surface area (Å²) in [6.45, 7) is 9.33. The Kier molecular flexibility index (Phi) is 4.41. The Bertz CT molecular complexity index is 287. The predicted octanol–water partition coefficient (Wildman–Crippen LogP) is 4.09. The Morgan fingerprint density at radius 3 is 2.53 bits per heavy atom. The molecule has 0 aliphatic rings. The Morgan fingerprint density at radius 2 is 1.93 bits per heavy atom. The topological polar surface area (TPSA) is 12.0 Å². The van der Waals surface area contributed by atoms with Gasteiger partial charge in [-0.3, -0.25) is 0 Å². The van der Waals surface area contributed by atoms with E-state index in [0.29, 0.717) is 5.41 Å². The lowest BCUT2D eigenvalue weighted by molar-refractivity contribution is 0.362. The minimum absolute atomic E-state index is 0.323. The van der Waals surface area contributed by atoms with E-state index in [1.807, 2.05) is 12.1 Å².